The van der Waals surface area contributed by atoms with Crippen LogP contribution in [0.15, 0.2) is 69.9 Å². The van der Waals surface area contributed by atoms with Crippen molar-refractivity contribution in [3.8, 4) is 22.6 Å². The van der Waals surface area contributed by atoms with E-state index in [1.165, 1.54) is 0 Å². The molecular weight excluding hydrogens is 423 g/mol. The summed E-state index contributed by atoms with van der Waals surface area (Å²) in [5, 5.41) is 1.93. The molecule has 0 aliphatic carbocycles. The van der Waals surface area contributed by atoms with E-state index in [-0.39, 0.29) is 5.63 Å². The molecule has 3 aromatic carbocycles. The van der Waals surface area contributed by atoms with Gasteiger partial charge in [0.25, 0.3) is 0 Å². The van der Waals surface area contributed by atoms with E-state index in [1.54, 1.807) is 31.4 Å². The Balaban J connectivity index is 1.69. The molecule has 152 valence electrons. The van der Waals surface area contributed by atoms with Crippen LogP contribution in [-0.4, -0.2) is 7.11 Å². The quantitative estimate of drug-likeness (QED) is 0.325. The fourth-order valence-corrected chi connectivity index (χ4v) is 3.77. The molecule has 0 spiro atoms. The summed E-state index contributed by atoms with van der Waals surface area (Å²) in [6, 6.07) is 18.0. The van der Waals surface area contributed by atoms with Crippen LogP contribution in [0, 0.1) is 6.92 Å². The number of rotatable bonds is 5. The monoisotopic (exact) mass is 440 g/mol. The number of halogens is 2. The van der Waals surface area contributed by atoms with Gasteiger partial charge >= 0.3 is 5.63 Å². The van der Waals surface area contributed by atoms with Crippen LogP contribution < -0.4 is 15.1 Å². The maximum Gasteiger partial charge on any atom is 0.344 e. The Morgan fingerprint density at radius 1 is 0.933 bits per heavy atom. The minimum Gasteiger partial charge on any atom is -0.497 e. The predicted molar refractivity (Wildman–Crippen MR) is 120 cm³/mol. The molecule has 4 nitrogen and oxygen atoms in total. The molecule has 4 aromatic rings. The summed E-state index contributed by atoms with van der Waals surface area (Å²) in [7, 11) is 1.60. The van der Waals surface area contributed by atoms with Crippen molar-refractivity contribution in [3.63, 3.8) is 0 Å². The zero-order valence-electron chi connectivity index (χ0n) is 16.4. The Bertz CT molecular complexity index is 1280. The van der Waals surface area contributed by atoms with Crippen molar-refractivity contribution in [1.82, 2.24) is 0 Å². The molecule has 1 heterocycles. The first-order valence-corrected chi connectivity index (χ1v) is 10.0. The van der Waals surface area contributed by atoms with Gasteiger partial charge in [0.2, 0.25) is 0 Å². The topological polar surface area (TPSA) is 48.7 Å². The molecule has 0 fully saturated rings. The van der Waals surface area contributed by atoms with Gasteiger partial charge in [-0.1, -0.05) is 41.4 Å². The first-order chi connectivity index (χ1) is 14.5. The second-order valence-corrected chi connectivity index (χ2v) is 7.64. The van der Waals surface area contributed by atoms with Crippen LogP contribution in [0.5, 0.6) is 11.5 Å². The van der Waals surface area contributed by atoms with Crippen molar-refractivity contribution in [1.29, 1.82) is 0 Å². The Morgan fingerprint density at radius 3 is 2.37 bits per heavy atom. The highest BCUT2D eigenvalue weighted by molar-refractivity contribution is 6.35. The molecule has 4 rings (SSSR count). The zero-order valence-corrected chi connectivity index (χ0v) is 17.9. The van der Waals surface area contributed by atoms with Crippen molar-refractivity contribution in [2.45, 2.75) is 13.5 Å². The van der Waals surface area contributed by atoms with Crippen LogP contribution in [-0.2, 0) is 6.61 Å². The smallest absolute Gasteiger partial charge is 0.344 e. The highest BCUT2D eigenvalue weighted by Gasteiger charge is 2.14. The number of ether oxygens (including phenoxy) is 2. The predicted octanol–water partition coefficient (Wildman–Crippen LogP) is 6.66. The summed E-state index contributed by atoms with van der Waals surface area (Å²) in [5.41, 5.74) is 3.06. The lowest BCUT2D eigenvalue weighted by atomic mass is 9.99. The van der Waals surface area contributed by atoms with Gasteiger partial charge in [0.1, 0.15) is 23.7 Å². The Morgan fingerprint density at radius 2 is 1.67 bits per heavy atom. The Hall–Kier alpha value is -2.95. The van der Waals surface area contributed by atoms with Crippen LogP contribution in [0.25, 0.3) is 22.1 Å². The number of fused-ring (bicyclic) bond motifs is 1. The van der Waals surface area contributed by atoms with E-state index in [0.717, 1.165) is 27.8 Å². The van der Waals surface area contributed by atoms with Crippen LogP contribution in [0.3, 0.4) is 0 Å². The van der Waals surface area contributed by atoms with Crippen molar-refractivity contribution < 1.29 is 13.9 Å². The van der Waals surface area contributed by atoms with Gasteiger partial charge in [-0.25, -0.2) is 4.79 Å². The maximum atomic E-state index is 12.6. The fraction of sp³-hybridized carbons (Fsp3) is 0.125. The van der Waals surface area contributed by atoms with E-state index in [0.29, 0.717) is 33.5 Å². The zero-order chi connectivity index (χ0) is 21.3. The Kier molecular flexibility index (Phi) is 5.71. The summed E-state index contributed by atoms with van der Waals surface area (Å²) >= 11 is 12.2. The van der Waals surface area contributed by atoms with Crippen LogP contribution in [0.2, 0.25) is 10.0 Å². The van der Waals surface area contributed by atoms with Crippen LogP contribution >= 0.6 is 23.2 Å². The highest BCUT2D eigenvalue weighted by atomic mass is 35.5. The van der Waals surface area contributed by atoms with Crippen molar-refractivity contribution in [2.24, 2.45) is 0 Å². The number of hydrogen-bond acceptors (Lipinski definition) is 4. The fourth-order valence-electron chi connectivity index (χ4n) is 3.31. The van der Waals surface area contributed by atoms with Crippen molar-refractivity contribution in [2.75, 3.05) is 7.11 Å². The van der Waals surface area contributed by atoms with Crippen LogP contribution in [0.1, 0.15) is 11.1 Å². The lowest BCUT2D eigenvalue weighted by Crippen LogP contribution is -2.06. The minimum absolute atomic E-state index is 0.294. The van der Waals surface area contributed by atoms with Gasteiger partial charge in [-0.2, -0.15) is 0 Å². The van der Waals surface area contributed by atoms with Crippen molar-refractivity contribution in [3.05, 3.63) is 92.3 Å². The molecule has 0 saturated heterocycles. The average molecular weight is 441 g/mol. The molecule has 0 amide bonds. The summed E-state index contributed by atoms with van der Waals surface area (Å²) in [6.07, 6.45) is 0. The summed E-state index contributed by atoms with van der Waals surface area (Å²) in [5.74, 6) is 1.37. The van der Waals surface area contributed by atoms with Gasteiger partial charge in [0.05, 0.1) is 12.7 Å². The molecule has 0 aliphatic rings. The molecule has 30 heavy (non-hydrogen) atoms. The van der Waals surface area contributed by atoms with E-state index >= 15 is 0 Å². The molecule has 0 bridgehead atoms. The van der Waals surface area contributed by atoms with E-state index in [4.69, 9.17) is 37.1 Å². The van der Waals surface area contributed by atoms with E-state index < -0.39 is 0 Å². The highest BCUT2D eigenvalue weighted by Crippen LogP contribution is 2.31. The summed E-state index contributed by atoms with van der Waals surface area (Å²) in [6.45, 7) is 2.20. The number of methoxy groups -OCH3 is 1. The second-order valence-electron chi connectivity index (χ2n) is 6.80. The standard InChI is InChI=1S/C24H18Cl2O4/c1-14-20-12-19(29-13-16-3-6-17(25)11-21(16)26)9-10-22(20)30-24(27)23(14)15-4-7-18(28-2)8-5-15/h3-12H,13H2,1-2H3. The summed E-state index contributed by atoms with van der Waals surface area (Å²) in [4.78, 5) is 12.6. The second kappa shape index (κ2) is 8.42. The molecule has 0 atom stereocenters. The largest absolute Gasteiger partial charge is 0.497 e. The third-order valence-corrected chi connectivity index (χ3v) is 5.51. The van der Waals surface area contributed by atoms with Crippen LogP contribution in [0.4, 0.5) is 0 Å². The van der Waals surface area contributed by atoms with E-state index in [9.17, 15) is 4.79 Å². The molecule has 0 N–H and O–H groups in total. The molecule has 1 aromatic heterocycles. The lowest BCUT2D eigenvalue weighted by Gasteiger charge is -2.11. The third kappa shape index (κ3) is 4.02. The molecular formula is C24H18Cl2O4. The maximum absolute atomic E-state index is 12.6. The van der Waals surface area contributed by atoms with Gasteiger partial charge in [0.15, 0.2) is 0 Å². The third-order valence-electron chi connectivity index (χ3n) is 4.92. The first kappa shape index (κ1) is 20.3. The van der Waals surface area contributed by atoms with Gasteiger partial charge in [-0.3, -0.25) is 0 Å². The van der Waals surface area contributed by atoms with E-state index in [1.807, 2.05) is 43.3 Å². The van der Waals surface area contributed by atoms with Gasteiger partial charge in [0, 0.05) is 21.0 Å². The number of aryl methyl sites for hydroxylation is 1. The molecule has 0 saturated carbocycles. The normalized spacial score (nSPS) is 10.9. The molecule has 0 aliphatic heterocycles. The first-order valence-electron chi connectivity index (χ1n) is 9.25. The molecule has 0 radical (unpaired) electrons. The number of benzene rings is 3. The van der Waals surface area contributed by atoms with Gasteiger partial charge < -0.3 is 13.9 Å². The Labute approximate surface area is 183 Å². The SMILES string of the molecule is COc1ccc(-c2c(C)c3cc(OCc4ccc(Cl)cc4Cl)ccc3oc2=O)cc1. The summed E-state index contributed by atoms with van der Waals surface area (Å²) < 4.78 is 16.7. The molecule has 0 unspecified atom stereocenters. The average Bonchev–Trinajstić information content (AvgIpc) is 2.74. The van der Waals surface area contributed by atoms with Crippen molar-refractivity contribution >= 4 is 34.2 Å². The van der Waals surface area contributed by atoms with E-state index in [2.05, 4.69) is 0 Å². The minimum atomic E-state index is -0.383. The molecule has 6 heteroatoms. The lowest BCUT2D eigenvalue weighted by molar-refractivity contribution is 0.306. The van der Waals surface area contributed by atoms with Gasteiger partial charge in [-0.05, 0) is 60.5 Å². The number of hydrogen-bond donors (Lipinski definition) is 0. The van der Waals surface area contributed by atoms with Gasteiger partial charge in [-0.15, -0.1) is 0 Å².